The molecule has 3 rings (SSSR count). The Balaban J connectivity index is 1.74. The van der Waals surface area contributed by atoms with E-state index in [-0.39, 0.29) is 29.2 Å². The minimum Gasteiger partial charge on any atom is -0.391 e. The molecule has 1 aromatic heterocycles. The topological polar surface area (TPSA) is 78.4 Å². The Morgan fingerprint density at radius 3 is 2.52 bits per heavy atom. The summed E-state index contributed by atoms with van der Waals surface area (Å²) in [5.41, 5.74) is -1.02. The third-order valence-corrected chi connectivity index (χ3v) is 5.21. The van der Waals surface area contributed by atoms with Crippen molar-refractivity contribution in [2.24, 2.45) is 0 Å². The molecule has 1 aromatic carbocycles. The highest BCUT2D eigenvalue weighted by molar-refractivity contribution is 5.83. The Bertz CT molecular complexity index is 942. The molecular weight excluding hydrogens is 416 g/mol. The van der Waals surface area contributed by atoms with Crippen molar-refractivity contribution in [3.05, 3.63) is 47.7 Å². The summed E-state index contributed by atoms with van der Waals surface area (Å²) < 4.78 is 52.2. The number of carbonyl (C=O) groups excluding carboxylic acids is 1. The lowest BCUT2D eigenvalue weighted by molar-refractivity contribution is -0.141. The average molecular weight is 440 g/mol. The quantitative estimate of drug-likeness (QED) is 0.715. The molecular formula is C21H24F4N4O2. The van der Waals surface area contributed by atoms with E-state index in [4.69, 9.17) is 0 Å². The fourth-order valence-electron chi connectivity index (χ4n) is 3.63. The second kappa shape index (κ2) is 8.51. The predicted molar refractivity (Wildman–Crippen MR) is 105 cm³/mol. The van der Waals surface area contributed by atoms with Crippen LogP contribution in [0, 0.1) is 5.82 Å². The molecule has 2 atom stereocenters. The first-order valence-electron chi connectivity index (χ1n) is 9.78. The number of carbonyl (C=O) groups is 1. The fourth-order valence-corrected chi connectivity index (χ4v) is 3.63. The summed E-state index contributed by atoms with van der Waals surface area (Å²) in [5.74, 6) is -1.02. The predicted octanol–water partition coefficient (Wildman–Crippen LogP) is 3.15. The van der Waals surface area contributed by atoms with E-state index in [1.54, 1.807) is 0 Å². The van der Waals surface area contributed by atoms with Gasteiger partial charge in [-0.05, 0) is 44.9 Å². The first-order valence-corrected chi connectivity index (χ1v) is 9.78. The van der Waals surface area contributed by atoms with Crippen LogP contribution in [0.1, 0.15) is 38.4 Å². The van der Waals surface area contributed by atoms with Gasteiger partial charge in [0, 0.05) is 24.2 Å². The second-order valence-corrected chi connectivity index (χ2v) is 8.48. The number of likely N-dealkylation sites (tertiary alicyclic amines) is 1. The lowest BCUT2D eigenvalue weighted by Gasteiger charge is -2.36. The number of aliphatic hydroxyl groups is 1. The van der Waals surface area contributed by atoms with Gasteiger partial charge in [0.25, 0.3) is 0 Å². The smallest absolute Gasteiger partial charge is 0.391 e. The van der Waals surface area contributed by atoms with Crippen LogP contribution in [0.5, 0.6) is 0 Å². The number of hydrogen-bond donors (Lipinski definition) is 2. The molecule has 2 N–H and O–H groups in total. The molecule has 1 aliphatic rings. The fraction of sp³-hybridized carbons (Fsp3) is 0.476. The number of benzene rings is 1. The van der Waals surface area contributed by atoms with Gasteiger partial charge in [-0.1, -0.05) is 6.07 Å². The Kier molecular flexibility index (Phi) is 6.33. The number of nitrogens with one attached hydrogen (secondary N) is 1. The van der Waals surface area contributed by atoms with Crippen LogP contribution in [0.15, 0.2) is 30.6 Å². The maximum atomic E-state index is 14.3. The highest BCUT2D eigenvalue weighted by Gasteiger charge is 2.43. The van der Waals surface area contributed by atoms with Crippen LogP contribution in [-0.2, 0) is 17.5 Å². The molecule has 0 spiro atoms. The summed E-state index contributed by atoms with van der Waals surface area (Å²) in [6.45, 7) is 6.53. The van der Waals surface area contributed by atoms with Gasteiger partial charge in [0.05, 0.1) is 24.2 Å². The maximum absolute atomic E-state index is 14.3. The highest BCUT2D eigenvalue weighted by Crippen LogP contribution is 2.29. The molecule has 31 heavy (non-hydrogen) atoms. The van der Waals surface area contributed by atoms with E-state index in [1.807, 2.05) is 25.7 Å². The molecule has 0 saturated carbocycles. The maximum Gasteiger partial charge on any atom is 0.434 e. The molecule has 1 amide bonds. The number of amides is 1. The molecule has 0 bridgehead atoms. The molecule has 2 aromatic rings. The SMILES string of the molecule is CC(C)(C)N1CCC(O)C1C(=O)NCc1ccc(F)c(-c2cnc(C(F)(F)F)cn2)c1. The zero-order valence-corrected chi connectivity index (χ0v) is 17.4. The number of halogens is 4. The van der Waals surface area contributed by atoms with Crippen LogP contribution in [0.4, 0.5) is 17.6 Å². The van der Waals surface area contributed by atoms with E-state index in [1.165, 1.54) is 12.1 Å². The number of rotatable bonds is 4. The molecule has 0 radical (unpaired) electrons. The summed E-state index contributed by atoms with van der Waals surface area (Å²) in [6.07, 6.45) is -3.53. The number of nitrogens with zero attached hydrogens (tertiary/aromatic N) is 3. The summed E-state index contributed by atoms with van der Waals surface area (Å²) >= 11 is 0. The standard InChI is InChI=1S/C21H24F4N4O2/c1-20(2,3)29-7-6-16(30)18(29)19(31)28-9-12-4-5-14(22)13(8-12)15-10-27-17(11-26-15)21(23,24)25/h4-5,8,10-11,16,18,30H,6-7,9H2,1-3H3,(H,28,31). The van der Waals surface area contributed by atoms with E-state index in [0.29, 0.717) is 24.7 Å². The van der Waals surface area contributed by atoms with Gasteiger partial charge in [0.15, 0.2) is 5.69 Å². The van der Waals surface area contributed by atoms with E-state index in [0.717, 1.165) is 12.3 Å². The van der Waals surface area contributed by atoms with E-state index in [9.17, 15) is 27.5 Å². The second-order valence-electron chi connectivity index (χ2n) is 8.48. The summed E-state index contributed by atoms with van der Waals surface area (Å²) in [7, 11) is 0. The zero-order chi connectivity index (χ0) is 23.0. The normalized spacial score (nSPS) is 20.1. The average Bonchev–Trinajstić information content (AvgIpc) is 3.08. The largest absolute Gasteiger partial charge is 0.434 e. The monoisotopic (exact) mass is 440 g/mol. The van der Waals surface area contributed by atoms with Crippen molar-refractivity contribution in [2.45, 2.75) is 57.6 Å². The highest BCUT2D eigenvalue weighted by atomic mass is 19.4. The lowest BCUT2D eigenvalue weighted by atomic mass is 10.0. The lowest BCUT2D eigenvalue weighted by Crippen LogP contribution is -2.54. The van der Waals surface area contributed by atoms with Crippen LogP contribution >= 0.6 is 0 Å². The van der Waals surface area contributed by atoms with Crippen molar-refractivity contribution in [3.63, 3.8) is 0 Å². The summed E-state index contributed by atoms with van der Waals surface area (Å²) in [4.78, 5) is 21.6. The third kappa shape index (κ3) is 5.19. The van der Waals surface area contributed by atoms with E-state index in [2.05, 4.69) is 15.3 Å². The number of aromatic nitrogens is 2. The molecule has 1 saturated heterocycles. The van der Waals surface area contributed by atoms with Crippen LogP contribution in [-0.4, -0.2) is 50.1 Å². The number of aliphatic hydroxyl groups excluding tert-OH is 1. The Morgan fingerprint density at radius 1 is 1.23 bits per heavy atom. The van der Waals surface area contributed by atoms with Gasteiger partial charge in [0.1, 0.15) is 11.9 Å². The van der Waals surface area contributed by atoms with Gasteiger partial charge in [0.2, 0.25) is 5.91 Å². The van der Waals surface area contributed by atoms with Crippen molar-refractivity contribution in [3.8, 4) is 11.3 Å². The molecule has 6 nitrogen and oxygen atoms in total. The van der Waals surface area contributed by atoms with Crippen molar-refractivity contribution >= 4 is 5.91 Å². The van der Waals surface area contributed by atoms with Gasteiger partial charge in [-0.25, -0.2) is 9.37 Å². The summed E-state index contributed by atoms with van der Waals surface area (Å²) in [6, 6.07) is 3.32. The Morgan fingerprint density at radius 2 is 1.94 bits per heavy atom. The number of hydrogen-bond acceptors (Lipinski definition) is 5. The van der Waals surface area contributed by atoms with Gasteiger partial charge in [-0.15, -0.1) is 0 Å². The van der Waals surface area contributed by atoms with Crippen LogP contribution < -0.4 is 5.32 Å². The zero-order valence-electron chi connectivity index (χ0n) is 17.4. The minimum atomic E-state index is -4.64. The van der Waals surface area contributed by atoms with E-state index < -0.39 is 29.8 Å². The molecule has 2 heterocycles. The van der Waals surface area contributed by atoms with Crippen LogP contribution in [0.3, 0.4) is 0 Å². The third-order valence-electron chi connectivity index (χ3n) is 5.21. The van der Waals surface area contributed by atoms with Crippen molar-refractivity contribution in [2.75, 3.05) is 6.54 Å². The van der Waals surface area contributed by atoms with Crippen molar-refractivity contribution < 1.29 is 27.5 Å². The molecule has 2 unspecified atom stereocenters. The van der Waals surface area contributed by atoms with Gasteiger partial charge < -0.3 is 10.4 Å². The molecule has 1 fully saturated rings. The van der Waals surface area contributed by atoms with Crippen LogP contribution in [0.2, 0.25) is 0 Å². The number of alkyl halides is 3. The molecule has 1 aliphatic heterocycles. The first-order chi connectivity index (χ1) is 14.4. The van der Waals surface area contributed by atoms with Crippen molar-refractivity contribution in [1.29, 1.82) is 0 Å². The van der Waals surface area contributed by atoms with Gasteiger partial charge >= 0.3 is 6.18 Å². The molecule has 10 heteroatoms. The van der Waals surface area contributed by atoms with Gasteiger partial charge in [-0.2, -0.15) is 13.2 Å². The van der Waals surface area contributed by atoms with E-state index >= 15 is 0 Å². The molecule has 0 aliphatic carbocycles. The Labute approximate surface area is 177 Å². The van der Waals surface area contributed by atoms with Crippen LogP contribution in [0.25, 0.3) is 11.3 Å². The van der Waals surface area contributed by atoms with Gasteiger partial charge in [-0.3, -0.25) is 14.7 Å². The minimum absolute atomic E-state index is 0.0230. The van der Waals surface area contributed by atoms with Crippen molar-refractivity contribution in [1.82, 2.24) is 20.2 Å². The Hall–Kier alpha value is -2.59. The molecule has 168 valence electrons. The summed E-state index contributed by atoms with van der Waals surface area (Å²) in [5, 5.41) is 13.0. The first kappa shape index (κ1) is 23.1.